The fourth-order valence-electron chi connectivity index (χ4n) is 6.34. The van der Waals surface area contributed by atoms with E-state index < -0.39 is 0 Å². The maximum absolute atomic E-state index is 4.74. The van der Waals surface area contributed by atoms with Crippen molar-refractivity contribution in [2.75, 3.05) is 4.90 Å². The van der Waals surface area contributed by atoms with Gasteiger partial charge in [0.1, 0.15) is 0 Å². The van der Waals surface area contributed by atoms with E-state index in [9.17, 15) is 0 Å². The molecular weight excluding hydrogens is 462 g/mol. The van der Waals surface area contributed by atoms with E-state index >= 15 is 0 Å². The van der Waals surface area contributed by atoms with E-state index in [0.717, 1.165) is 16.9 Å². The molecule has 1 aliphatic carbocycles. The van der Waals surface area contributed by atoms with Gasteiger partial charge in [-0.3, -0.25) is 4.98 Å². The Morgan fingerprint density at radius 3 is 2.26 bits per heavy atom. The summed E-state index contributed by atoms with van der Waals surface area (Å²) in [5.41, 5.74) is 9.56. The molecule has 2 unspecified atom stereocenters. The summed E-state index contributed by atoms with van der Waals surface area (Å²) < 4.78 is 2.44. The molecule has 0 radical (unpaired) electrons. The minimum absolute atomic E-state index is 0.203. The first-order valence-electron chi connectivity index (χ1n) is 13.2. The molecule has 2 aliphatic rings. The zero-order valence-corrected chi connectivity index (χ0v) is 20.8. The number of benzene rings is 4. The van der Waals surface area contributed by atoms with Crippen molar-refractivity contribution in [3.05, 3.63) is 145 Å². The molecule has 3 heterocycles. The quantitative estimate of drug-likeness (QED) is 0.249. The first-order chi connectivity index (χ1) is 18.9. The molecule has 6 aromatic rings. The van der Waals surface area contributed by atoms with Crippen LogP contribution in [0.5, 0.6) is 0 Å². The Labute approximate surface area is 221 Å². The van der Waals surface area contributed by atoms with Crippen LogP contribution in [0, 0.1) is 0 Å². The predicted molar refractivity (Wildman–Crippen MR) is 157 cm³/mol. The highest BCUT2D eigenvalue weighted by atomic mass is 15.2. The highest BCUT2D eigenvalue weighted by Crippen LogP contribution is 2.52. The minimum Gasteiger partial charge on any atom is -0.331 e. The molecule has 2 aromatic heterocycles. The summed E-state index contributed by atoms with van der Waals surface area (Å²) in [4.78, 5) is 7.28. The van der Waals surface area contributed by atoms with Crippen molar-refractivity contribution in [1.29, 1.82) is 0 Å². The van der Waals surface area contributed by atoms with Crippen LogP contribution in [0.1, 0.15) is 11.5 Å². The standard InChI is InChI=1S/C35H25N3/c1-3-11-24(12-4-1)31-23-26(21-22-36-31)38-33-18-10-8-16-28(33)30-20-19-29-27-15-7-9-17-32(27)37(34(29)35(30)38)25-13-5-2-6-14-25/h1-23,28,33H. The Balaban J connectivity index is 1.46. The van der Waals surface area contributed by atoms with Crippen molar-refractivity contribution in [3.8, 4) is 16.9 Å². The normalized spacial score (nSPS) is 17.7. The molecule has 0 bridgehead atoms. The smallest absolute Gasteiger partial charge is 0.0782 e. The van der Waals surface area contributed by atoms with Gasteiger partial charge in [0.05, 0.1) is 28.5 Å². The Kier molecular flexibility index (Phi) is 4.65. The van der Waals surface area contributed by atoms with Crippen LogP contribution in [0.3, 0.4) is 0 Å². The van der Waals surface area contributed by atoms with Crippen molar-refractivity contribution in [3.63, 3.8) is 0 Å². The Morgan fingerprint density at radius 1 is 0.632 bits per heavy atom. The van der Waals surface area contributed by atoms with Gasteiger partial charge in [-0.05, 0) is 35.9 Å². The van der Waals surface area contributed by atoms with Gasteiger partial charge < -0.3 is 9.47 Å². The molecule has 0 fully saturated rings. The maximum Gasteiger partial charge on any atom is 0.0782 e. The molecule has 2 atom stereocenters. The van der Waals surface area contributed by atoms with Gasteiger partial charge in [-0.2, -0.15) is 0 Å². The van der Waals surface area contributed by atoms with Crippen molar-refractivity contribution < 1.29 is 0 Å². The van der Waals surface area contributed by atoms with E-state index in [1.165, 1.54) is 38.7 Å². The van der Waals surface area contributed by atoms with Crippen LogP contribution >= 0.6 is 0 Å². The number of aromatic nitrogens is 2. The van der Waals surface area contributed by atoms with Crippen LogP contribution < -0.4 is 4.90 Å². The van der Waals surface area contributed by atoms with Crippen LogP contribution in [0.15, 0.2) is 140 Å². The van der Waals surface area contributed by atoms with Gasteiger partial charge in [0, 0.05) is 39.8 Å². The van der Waals surface area contributed by atoms with Crippen LogP contribution in [0.4, 0.5) is 11.4 Å². The van der Waals surface area contributed by atoms with E-state index in [1.807, 2.05) is 12.3 Å². The first kappa shape index (κ1) is 21.2. The zero-order valence-electron chi connectivity index (χ0n) is 20.8. The summed E-state index contributed by atoms with van der Waals surface area (Å²) in [6, 6.07) is 39.2. The van der Waals surface area contributed by atoms with Crippen molar-refractivity contribution in [1.82, 2.24) is 9.55 Å². The van der Waals surface area contributed by atoms with Gasteiger partial charge >= 0.3 is 0 Å². The maximum atomic E-state index is 4.74. The lowest BCUT2D eigenvalue weighted by molar-refractivity contribution is 0.744. The van der Waals surface area contributed by atoms with Crippen LogP contribution in [-0.2, 0) is 0 Å². The number of hydrogen-bond donors (Lipinski definition) is 0. The predicted octanol–water partition coefficient (Wildman–Crippen LogP) is 8.58. The lowest BCUT2D eigenvalue weighted by Crippen LogP contribution is -2.28. The Hall–Kier alpha value is -4.89. The second-order valence-corrected chi connectivity index (χ2v) is 10.0. The highest BCUT2D eigenvalue weighted by Gasteiger charge is 2.40. The number of para-hydroxylation sites is 2. The molecule has 38 heavy (non-hydrogen) atoms. The molecular formula is C35H25N3. The molecule has 0 N–H and O–H groups in total. The molecule has 3 nitrogen and oxygen atoms in total. The average molecular weight is 488 g/mol. The lowest BCUT2D eigenvalue weighted by Gasteiger charge is -2.29. The SMILES string of the molecule is C1=CC2c3ccc4c5ccccc5n(-c5ccccc5)c4c3N(c3ccnc(-c4ccccc4)c3)C2C=C1. The molecule has 3 heteroatoms. The number of rotatable bonds is 3. The minimum atomic E-state index is 0.203. The highest BCUT2D eigenvalue weighted by molar-refractivity contribution is 6.15. The third-order valence-electron chi connectivity index (χ3n) is 7.95. The van der Waals surface area contributed by atoms with Crippen LogP contribution in [-0.4, -0.2) is 15.6 Å². The summed E-state index contributed by atoms with van der Waals surface area (Å²) in [5, 5.41) is 2.55. The molecule has 180 valence electrons. The summed E-state index contributed by atoms with van der Waals surface area (Å²) in [6.45, 7) is 0. The lowest BCUT2D eigenvalue weighted by atomic mass is 9.91. The second kappa shape index (κ2) is 8.32. The number of allylic oxidation sites excluding steroid dienone is 2. The fraction of sp³-hybridized carbons (Fsp3) is 0.0571. The number of fused-ring (bicyclic) bond motifs is 7. The number of anilines is 2. The summed E-state index contributed by atoms with van der Waals surface area (Å²) in [6.07, 6.45) is 11.0. The Morgan fingerprint density at radius 2 is 1.39 bits per heavy atom. The van der Waals surface area contributed by atoms with Crippen LogP contribution in [0.25, 0.3) is 38.8 Å². The summed E-state index contributed by atoms with van der Waals surface area (Å²) in [5.74, 6) is 0.287. The molecule has 1 aliphatic heterocycles. The molecule has 0 amide bonds. The van der Waals surface area contributed by atoms with E-state index in [-0.39, 0.29) is 12.0 Å². The van der Waals surface area contributed by atoms with Gasteiger partial charge in [0.25, 0.3) is 0 Å². The molecule has 0 saturated carbocycles. The number of hydrogen-bond acceptors (Lipinski definition) is 2. The van der Waals surface area contributed by atoms with Crippen molar-refractivity contribution in [2.45, 2.75) is 12.0 Å². The van der Waals surface area contributed by atoms with Gasteiger partial charge in [0.2, 0.25) is 0 Å². The van der Waals surface area contributed by atoms with Gasteiger partial charge in [-0.1, -0.05) is 103 Å². The van der Waals surface area contributed by atoms with E-state index in [1.54, 1.807) is 0 Å². The molecule has 0 saturated heterocycles. The molecule has 8 rings (SSSR count). The fourth-order valence-corrected chi connectivity index (χ4v) is 6.34. The van der Waals surface area contributed by atoms with Crippen molar-refractivity contribution >= 4 is 33.2 Å². The van der Waals surface area contributed by atoms with Crippen LogP contribution in [0.2, 0.25) is 0 Å². The third-order valence-corrected chi connectivity index (χ3v) is 7.95. The van der Waals surface area contributed by atoms with E-state index in [0.29, 0.717) is 0 Å². The molecule has 4 aromatic carbocycles. The monoisotopic (exact) mass is 487 g/mol. The van der Waals surface area contributed by atoms with Gasteiger partial charge in [-0.25, -0.2) is 0 Å². The molecule has 0 spiro atoms. The van der Waals surface area contributed by atoms with Gasteiger partial charge in [0.15, 0.2) is 0 Å². The zero-order chi connectivity index (χ0) is 25.1. The largest absolute Gasteiger partial charge is 0.331 e. The summed E-state index contributed by atoms with van der Waals surface area (Å²) >= 11 is 0. The van der Waals surface area contributed by atoms with Crippen molar-refractivity contribution in [2.24, 2.45) is 0 Å². The average Bonchev–Trinajstić information content (AvgIpc) is 3.51. The number of nitrogens with zero attached hydrogens (tertiary/aromatic N) is 3. The number of pyridine rings is 1. The van der Waals surface area contributed by atoms with E-state index in [4.69, 9.17) is 4.98 Å². The third kappa shape index (κ3) is 3.05. The van der Waals surface area contributed by atoms with Gasteiger partial charge in [-0.15, -0.1) is 0 Å². The second-order valence-electron chi connectivity index (χ2n) is 10.0. The summed E-state index contributed by atoms with van der Waals surface area (Å²) in [7, 11) is 0. The van der Waals surface area contributed by atoms with E-state index in [2.05, 4.69) is 137 Å². The Bertz CT molecular complexity index is 1880. The topological polar surface area (TPSA) is 21.1 Å². The first-order valence-corrected chi connectivity index (χ1v) is 13.2.